The third kappa shape index (κ3) is 6.68. The van der Waals surface area contributed by atoms with Gasteiger partial charge in [0, 0.05) is 64.6 Å². The van der Waals surface area contributed by atoms with E-state index in [-0.39, 0.29) is 5.91 Å². The maximum Gasteiger partial charge on any atom is 0.251 e. The number of hydrogen-bond acceptors (Lipinski definition) is 5. The van der Waals surface area contributed by atoms with Crippen molar-refractivity contribution in [1.82, 2.24) is 25.4 Å². The average molecular weight is 424 g/mol. The summed E-state index contributed by atoms with van der Waals surface area (Å²) >= 11 is 0. The minimum absolute atomic E-state index is 0.0428. The molecule has 1 amide bonds. The Morgan fingerprint density at radius 3 is 2.58 bits per heavy atom. The van der Waals surface area contributed by atoms with Crippen LogP contribution >= 0.6 is 0 Å². The molecular formula is C23H33N7O. The van der Waals surface area contributed by atoms with Crippen LogP contribution in [0.25, 0.3) is 0 Å². The molecule has 1 aromatic carbocycles. The van der Waals surface area contributed by atoms with E-state index in [4.69, 9.17) is 0 Å². The van der Waals surface area contributed by atoms with Gasteiger partial charge in [-0.2, -0.15) is 0 Å². The first-order chi connectivity index (χ1) is 15.1. The molecule has 1 aliphatic heterocycles. The van der Waals surface area contributed by atoms with Crippen molar-refractivity contribution >= 4 is 17.7 Å². The second kappa shape index (κ2) is 11.3. The summed E-state index contributed by atoms with van der Waals surface area (Å²) in [5.74, 6) is 1.85. The highest BCUT2D eigenvalue weighted by Gasteiger charge is 2.20. The van der Waals surface area contributed by atoms with Crippen molar-refractivity contribution in [1.29, 1.82) is 0 Å². The number of piperazine rings is 1. The van der Waals surface area contributed by atoms with Gasteiger partial charge in [-0.15, -0.1) is 0 Å². The van der Waals surface area contributed by atoms with E-state index in [1.165, 1.54) is 0 Å². The van der Waals surface area contributed by atoms with Crippen LogP contribution in [0.5, 0.6) is 0 Å². The summed E-state index contributed by atoms with van der Waals surface area (Å²) in [5, 5.41) is 6.40. The van der Waals surface area contributed by atoms with Crippen molar-refractivity contribution in [3.8, 4) is 0 Å². The molecule has 0 aliphatic carbocycles. The lowest BCUT2D eigenvalue weighted by Gasteiger charge is -2.37. The molecule has 0 spiro atoms. The minimum atomic E-state index is -0.0428. The van der Waals surface area contributed by atoms with Gasteiger partial charge in [0.2, 0.25) is 0 Å². The highest BCUT2D eigenvalue weighted by atomic mass is 16.1. The Morgan fingerprint density at radius 1 is 1.10 bits per heavy atom. The van der Waals surface area contributed by atoms with E-state index in [2.05, 4.69) is 30.4 Å². The predicted molar refractivity (Wildman–Crippen MR) is 126 cm³/mol. The standard InChI is InChI=1S/C23H33N7O/c1-24-23(30-15-13-29(14-16-30)21-9-4-5-10-25-21)27-18-19-7-6-8-20(17-19)22(31)26-11-12-28(2)3/h4-10,17H,11-16,18H2,1-3H3,(H,24,27)(H,26,31). The van der Waals surface area contributed by atoms with Crippen molar-refractivity contribution < 1.29 is 4.79 Å². The third-order valence-corrected chi connectivity index (χ3v) is 5.25. The first kappa shape index (κ1) is 22.6. The minimum Gasteiger partial charge on any atom is -0.353 e. The summed E-state index contributed by atoms with van der Waals surface area (Å²) in [4.78, 5) is 27.9. The lowest BCUT2D eigenvalue weighted by Crippen LogP contribution is -2.52. The molecule has 2 aromatic rings. The van der Waals surface area contributed by atoms with Crippen LogP contribution in [0.3, 0.4) is 0 Å². The van der Waals surface area contributed by atoms with E-state index in [1.807, 2.05) is 74.7 Å². The molecule has 31 heavy (non-hydrogen) atoms. The molecule has 0 radical (unpaired) electrons. The van der Waals surface area contributed by atoms with Gasteiger partial charge in [-0.05, 0) is 43.9 Å². The zero-order valence-electron chi connectivity index (χ0n) is 18.7. The van der Waals surface area contributed by atoms with Gasteiger partial charge >= 0.3 is 0 Å². The largest absolute Gasteiger partial charge is 0.353 e. The van der Waals surface area contributed by atoms with Crippen LogP contribution in [0.15, 0.2) is 53.7 Å². The maximum absolute atomic E-state index is 12.4. The summed E-state index contributed by atoms with van der Waals surface area (Å²) in [6.07, 6.45) is 1.83. The highest BCUT2D eigenvalue weighted by Crippen LogP contribution is 2.13. The van der Waals surface area contributed by atoms with Crippen molar-refractivity contribution in [2.75, 3.05) is 65.3 Å². The molecule has 8 heteroatoms. The number of likely N-dealkylation sites (N-methyl/N-ethyl adjacent to an activating group) is 1. The molecule has 1 aliphatic rings. The fourth-order valence-electron chi connectivity index (χ4n) is 3.52. The monoisotopic (exact) mass is 423 g/mol. The lowest BCUT2D eigenvalue weighted by molar-refractivity contribution is 0.0951. The number of carbonyl (C=O) groups is 1. The van der Waals surface area contributed by atoms with Crippen molar-refractivity contribution in [2.45, 2.75) is 6.54 Å². The summed E-state index contributed by atoms with van der Waals surface area (Å²) in [6, 6.07) is 13.7. The molecule has 1 saturated heterocycles. The summed E-state index contributed by atoms with van der Waals surface area (Å²) < 4.78 is 0. The Hall–Kier alpha value is -3.13. The van der Waals surface area contributed by atoms with Crippen LogP contribution in [0.4, 0.5) is 5.82 Å². The molecule has 1 aromatic heterocycles. The number of nitrogens with zero attached hydrogens (tertiary/aromatic N) is 5. The van der Waals surface area contributed by atoms with Crippen molar-refractivity contribution in [2.24, 2.45) is 4.99 Å². The molecule has 8 nitrogen and oxygen atoms in total. The number of aromatic nitrogens is 1. The molecule has 166 valence electrons. The van der Waals surface area contributed by atoms with E-state index in [9.17, 15) is 4.79 Å². The van der Waals surface area contributed by atoms with E-state index in [0.29, 0.717) is 18.7 Å². The molecule has 0 saturated carbocycles. The molecule has 2 N–H and O–H groups in total. The van der Waals surface area contributed by atoms with E-state index in [1.54, 1.807) is 0 Å². The van der Waals surface area contributed by atoms with Crippen LogP contribution in [-0.4, -0.2) is 87.1 Å². The predicted octanol–water partition coefficient (Wildman–Crippen LogP) is 1.27. The van der Waals surface area contributed by atoms with Gasteiger partial charge in [0.25, 0.3) is 5.91 Å². The zero-order valence-corrected chi connectivity index (χ0v) is 18.7. The quantitative estimate of drug-likeness (QED) is 0.516. The van der Waals surface area contributed by atoms with Gasteiger partial charge in [0.1, 0.15) is 5.82 Å². The van der Waals surface area contributed by atoms with Gasteiger partial charge in [0.15, 0.2) is 5.96 Å². The van der Waals surface area contributed by atoms with E-state index < -0.39 is 0 Å². The van der Waals surface area contributed by atoms with Gasteiger partial charge in [-0.3, -0.25) is 9.79 Å². The number of pyridine rings is 1. The lowest BCUT2D eigenvalue weighted by atomic mass is 10.1. The number of nitrogens with one attached hydrogen (secondary N) is 2. The van der Waals surface area contributed by atoms with Crippen LogP contribution in [0.2, 0.25) is 0 Å². The average Bonchev–Trinajstić information content (AvgIpc) is 2.80. The van der Waals surface area contributed by atoms with Gasteiger partial charge in [-0.25, -0.2) is 4.98 Å². The normalized spacial score (nSPS) is 14.6. The highest BCUT2D eigenvalue weighted by molar-refractivity contribution is 5.94. The summed E-state index contributed by atoms with van der Waals surface area (Å²) in [5.41, 5.74) is 1.73. The topological polar surface area (TPSA) is 76.1 Å². The summed E-state index contributed by atoms with van der Waals surface area (Å²) in [7, 11) is 5.79. The number of benzene rings is 1. The fourth-order valence-corrected chi connectivity index (χ4v) is 3.52. The number of guanidine groups is 1. The second-order valence-corrected chi connectivity index (χ2v) is 7.82. The smallest absolute Gasteiger partial charge is 0.251 e. The Kier molecular flexibility index (Phi) is 8.23. The first-order valence-electron chi connectivity index (χ1n) is 10.7. The van der Waals surface area contributed by atoms with Crippen molar-refractivity contribution in [3.63, 3.8) is 0 Å². The molecule has 0 unspecified atom stereocenters. The number of carbonyl (C=O) groups excluding carboxylic acids is 1. The van der Waals surface area contributed by atoms with E-state index >= 15 is 0 Å². The van der Waals surface area contributed by atoms with Crippen LogP contribution in [-0.2, 0) is 6.54 Å². The molecule has 0 bridgehead atoms. The van der Waals surface area contributed by atoms with Gasteiger partial charge in [0.05, 0.1) is 0 Å². The number of anilines is 1. The number of hydrogen-bond donors (Lipinski definition) is 2. The number of aliphatic imine (C=N–C) groups is 1. The zero-order chi connectivity index (χ0) is 22.1. The SMILES string of the molecule is CN=C(NCc1cccc(C(=O)NCCN(C)C)c1)N1CCN(c2ccccn2)CC1. The molecule has 2 heterocycles. The van der Waals surface area contributed by atoms with Gasteiger partial charge < -0.3 is 25.3 Å². The Bertz CT molecular complexity index is 861. The van der Waals surface area contributed by atoms with Gasteiger partial charge in [-0.1, -0.05) is 18.2 Å². The van der Waals surface area contributed by atoms with Crippen LogP contribution in [0.1, 0.15) is 15.9 Å². The van der Waals surface area contributed by atoms with E-state index in [0.717, 1.165) is 50.1 Å². The number of amides is 1. The maximum atomic E-state index is 12.4. The molecule has 0 atom stereocenters. The Labute approximate surface area is 185 Å². The number of rotatable bonds is 7. The van der Waals surface area contributed by atoms with Crippen molar-refractivity contribution in [3.05, 3.63) is 59.8 Å². The Balaban J connectivity index is 1.50. The molecule has 1 fully saturated rings. The third-order valence-electron chi connectivity index (χ3n) is 5.25. The van der Waals surface area contributed by atoms with Crippen LogP contribution < -0.4 is 15.5 Å². The molecular weight excluding hydrogens is 390 g/mol. The second-order valence-electron chi connectivity index (χ2n) is 7.82. The molecule has 3 rings (SSSR count). The van der Waals surface area contributed by atoms with Crippen LogP contribution in [0, 0.1) is 0 Å². The Morgan fingerprint density at radius 2 is 1.90 bits per heavy atom. The fraction of sp³-hybridized carbons (Fsp3) is 0.435. The first-order valence-corrected chi connectivity index (χ1v) is 10.7. The summed E-state index contributed by atoms with van der Waals surface area (Å²) in [6.45, 7) is 5.63.